The molecule has 0 unspecified atom stereocenters. The van der Waals surface area contributed by atoms with Crippen molar-refractivity contribution in [2.24, 2.45) is 0 Å². The number of benzene rings is 1. The predicted molar refractivity (Wildman–Crippen MR) is 74.1 cm³/mol. The molecule has 4 rings (SSSR count). The van der Waals surface area contributed by atoms with E-state index in [2.05, 4.69) is 25.5 Å². The quantitative estimate of drug-likeness (QED) is 0.647. The maximum atomic E-state index is 12.8. The molecule has 114 valence electrons. The second-order valence-corrected chi connectivity index (χ2v) is 5.27. The van der Waals surface area contributed by atoms with E-state index in [0.29, 0.717) is 23.6 Å². The molecule has 0 fully saturated rings. The van der Waals surface area contributed by atoms with Gasteiger partial charge in [0, 0.05) is 30.8 Å². The molecular formula is C14H12F3N5. The lowest BCUT2D eigenvalue weighted by Crippen LogP contribution is -2.23. The van der Waals surface area contributed by atoms with E-state index in [1.807, 2.05) is 0 Å². The molecule has 0 bridgehead atoms. The molecule has 1 aliphatic rings. The van der Waals surface area contributed by atoms with E-state index in [9.17, 15) is 13.2 Å². The number of alkyl halides is 3. The zero-order valence-corrected chi connectivity index (χ0v) is 11.4. The van der Waals surface area contributed by atoms with Crippen LogP contribution in [0, 0.1) is 0 Å². The first-order valence-corrected chi connectivity index (χ1v) is 6.86. The van der Waals surface area contributed by atoms with Gasteiger partial charge >= 0.3 is 6.18 Å². The normalized spacial score (nSPS) is 15.2. The van der Waals surface area contributed by atoms with E-state index in [1.54, 1.807) is 0 Å². The number of hydrogen-bond donors (Lipinski definition) is 3. The molecule has 2 aromatic heterocycles. The average molecular weight is 307 g/mol. The van der Waals surface area contributed by atoms with Crippen LogP contribution in [0.3, 0.4) is 0 Å². The van der Waals surface area contributed by atoms with Crippen molar-refractivity contribution in [1.29, 1.82) is 0 Å². The maximum absolute atomic E-state index is 12.8. The number of halogens is 3. The lowest BCUT2D eigenvalue weighted by atomic mass is 10.1. The SMILES string of the molecule is FC(F)(F)c1ccc2[nH]c(-c3n[nH]c4c3CNCC4)nc2c1. The standard InChI is InChI=1S/C14H12F3N5/c15-14(16,17)7-1-2-10-11(5-7)20-13(19-10)12-8-6-18-4-3-9(8)21-22-12/h1-2,5,18H,3-4,6H2,(H,19,20)(H,21,22). The highest BCUT2D eigenvalue weighted by Gasteiger charge is 2.31. The lowest BCUT2D eigenvalue weighted by Gasteiger charge is -2.12. The van der Waals surface area contributed by atoms with E-state index in [-0.39, 0.29) is 5.52 Å². The third-order valence-electron chi connectivity index (χ3n) is 3.84. The number of rotatable bonds is 1. The Morgan fingerprint density at radius 3 is 2.86 bits per heavy atom. The van der Waals surface area contributed by atoms with Crippen LogP contribution in [-0.4, -0.2) is 26.7 Å². The van der Waals surface area contributed by atoms with Crippen molar-refractivity contribution in [1.82, 2.24) is 25.5 Å². The molecule has 0 spiro atoms. The van der Waals surface area contributed by atoms with Gasteiger partial charge in [-0.2, -0.15) is 18.3 Å². The monoisotopic (exact) mass is 307 g/mol. The minimum absolute atomic E-state index is 0.283. The maximum Gasteiger partial charge on any atom is 0.416 e. The van der Waals surface area contributed by atoms with Crippen LogP contribution >= 0.6 is 0 Å². The number of imidazole rings is 1. The fourth-order valence-electron chi connectivity index (χ4n) is 2.72. The molecule has 3 N–H and O–H groups in total. The van der Waals surface area contributed by atoms with Crippen LogP contribution in [0.15, 0.2) is 18.2 Å². The summed E-state index contributed by atoms with van der Waals surface area (Å²) in [5.41, 5.74) is 2.86. The second-order valence-electron chi connectivity index (χ2n) is 5.27. The highest BCUT2D eigenvalue weighted by Crippen LogP contribution is 2.32. The van der Waals surface area contributed by atoms with E-state index >= 15 is 0 Å². The molecule has 0 aliphatic carbocycles. The minimum Gasteiger partial charge on any atom is -0.337 e. The number of hydrogen-bond acceptors (Lipinski definition) is 3. The van der Waals surface area contributed by atoms with E-state index < -0.39 is 11.7 Å². The first-order chi connectivity index (χ1) is 10.5. The molecule has 0 radical (unpaired) electrons. The van der Waals surface area contributed by atoms with E-state index in [1.165, 1.54) is 6.07 Å². The van der Waals surface area contributed by atoms with Gasteiger partial charge in [-0.1, -0.05) is 0 Å². The summed E-state index contributed by atoms with van der Waals surface area (Å²) in [6.45, 7) is 1.55. The largest absolute Gasteiger partial charge is 0.416 e. The Morgan fingerprint density at radius 1 is 1.18 bits per heavy atom. The van der Waals surface area contributed by atoms with Crippen molar-refractivity contribution in [3.05, 3.63) is 35.0 Å². The molecule has 1 aliphatic heterocycles. The minimum atomic E-state index is -4.37. The Labute approximate surface area is 122 Å². The second kappa shape index (κ2) is 4.57. The number of nitrogens with zero attached hydrogens (tertiary/aromatic N) is 2. The van der Waals surface area contributed by atoms with Crippen LogP contribution in [0.1, 0.15) is 16.8 Å². The Balaban J connectivity index is 1.81. The zero-order chi connectivity index (χ0) is 15.3. The summed E-state index contributed by atoms with van der Waals surface area (Å²) in [4.78, 5) is 7.31. The van der Waals surface area contributed by atoms with Crippen molar-refractivity contribution < 1.29 is 13.2 Å². The summed E-state index contributed by atoms with van der Waals surface area (Å²) in [6.07, 6.45) is -3.52. The third kappa shape index (κ3) is 2.07. The fourth-order valence-corrected chi connectivity index (χ4v) is 2.72. The highest BCUT2D eigenvalue weighted by atomic mass is 19.4. The van der Waals surface area contributed by atoms with Crippen LogP contribution < -0.4 is 5.32 Å². The molecule has 5 nitrogen and oxygen atoms in total. The Morgan fingerprint density at radius 2 is 2.05 bits per heavy atom. The van der Waals surface area contributed by atoms with Gasteiger partial charge in [-0.25, -0.2) is 4.98 Å². The van der Waals surface area contributed by atoms with Gasteiger partial charge in [0.2, 0.25) is 0 Å². The Kier molecular flexibility index (Phi) is 2.77. The lowest BCUT2D eigenvalue weighted by molar-refractivity contribution is -0.137. The number of H-pyrrole nitrogens is 2. The molecule has 22 heavy (non-hydrogen) atoms. The summed E-state index contributed by atoms with van der Waals surface area (Å²) in [6, 6.07) is 3.49. The van der Waals surface area contributed by atoms with Crippen molar-refractivity contribution in [3.8, 4) is 11.5 Å². The van der Waals surface area contributed by atoms with Crippen molar-refractivity contribution in [3.63, 3.8) is 0 Å². The molecule has 8 heteroatoms. The smallest absolute Gasteiger partial charge is 0.337 e. The summed E-state index contributed by atoms with van der Waals surface area (Å²) in [7, 11) is 0. The topological polar surface area (TPSA) is 69.4 Å². The molecule has 0 saturated heterocycles. The van der Waals surface area contributed by atoms with E-state index in [0.717, 1.165) is 36.4 Å². The number of aromatic nitrogens is 4. The van der Waals surface area contributed by atoms with Gasteiger partial charge in [0.15, 0.2) is 5.82 Å². The van der Waals surface area contributed by atoms with Gasteiger partial charge in [-0.15, -0.1) is 0 Å². The van der Waals surface area contributed by atoms with Gasteiger partial charge in [-0.05, 0) is 18.2 Å². The summed E-state index contributed by atoms with van der Waals surface area (Å²) < 4.78 is 38.3. The summed E-state index contributed by atoms with van der Waals surface area (Å²) >= 11 is 0. The third-order valence-corrected chi connectivity index (χ3v) is 3.84. The van der Waals surface area contributed by atoms with Gasteiger partial charge < -0.3 is 10.3 Å². The molecule has 0 saturated carbocycles. The van der Waals surface area contributed by atoms with Crippen LogP contribution in [0.4, 0.5) is 13.2 Å². The number of fused-ring (bicyclic) bond motifs is 2. The Hall–Kier alpha value is -2.35. The van der Waals surface area contributed by atoms with Crippen molar-refractivity contribution in [2.75, 3.05) is 6.54 Å². The molecular weight excluding hydrogens is 295 g/mol. The molecule has 1 aromatic carbocycles. The molecule has 0 amide bonds. The van der Waals surface area contributed by atoms with Crippen LogP contribution in [-0.2, 0) is 19.1 Å². The van der Waals surface area contributed by atoms with Crippen LogP contribution in [0.2, 0.25) is 0 Å². The molecule has 3 aromatic rings. The number of nitrogens with one attached hydrogen (secondary N) is 3. The molecule has 3 heterocycles. The van der Waals surface area contributed by atoms with E-state index in [4.69, 9.17) is 0 Å². The van der Waals surface area contributed by atoms with Crippen LogP contribution in [0.25, 0.3) is 22.6 Å². The summed E-state index contributed by atoms with van der Waals surface area (Å²) in [5, 5.41) is 10.5. The van der Waals surface area contributed by atoms with Gasteiger partial charge in [-0.3, -0.25) is 5.10 Å². The van der Waals surface area contributed by atoms with Gasteiger partial charge in [0.1, 0.15) is 5.69 Å². The fraction of sp³-hybridized carbons (Fsp3) is 0.286. The Bertz CT molecular complexity index is 846. The van der Waals surface area contributed by atoms with Crippen molar-refractivity contribution >= 4 is 11.0 Å². The summed E-state index contributed by atoms with van der Waals surface area (Å²) in [5.74, 6) is 0.482. The first kappa shape index (κ1) is 13.3. The highest BCUT2D eigenvalue weighted by molar-refractivity contribution is 5.80. The van der Waals surface area contributed by atoms with Gasteiger partial charge in [0.25, 0.3) is 0 Å². The predicted octanol–water partition coefficient (Wildman–Crippen LogP) is 2.62. The first-order valence-electron chi connectivity index (χ1n) is 6.86. The molecule has 0 atom stereocenters. The average Bonchev–Trinajstić information content (AvgIpc) is 3.08. The van der Waals surface area contributed by atoms with Crippen molar-refractivity contribution in [2.45, 2.75) is 19.1 Å². The number of aromatic amines is 2. The zero-order valence-electron chi connectivity index (χ0n) is 11.4. The van der Waals surface area contributed by atoms with Gasteiger partial charge in [0.05, 0.1) is 16.6 Å². The van der Waals surface area contributed by atoms with Crippen LogP contribution in [0.5, 0.6) is 0 Å².